The Morgan fingerprint density at radius 3 is 2.71 bits per heavy atom. The summed E-state index contributed by atoms with van der Waals surface area (Å²) in [4.78, 5) is 14.4. The number of anilines is 2. The van der Waals surface area contributed by atoms with Crippen LogP contribution in [0.2, 0.25) is 0 Å². The maximum Gasteiger partial charge on any atom is 0.258 e. The van der Waals surface area contributed by atoms with Crippen LogP contribution >= 0.6 is 0 Å². The van der Waals surface area contributed by atoms with Crippen molar-refractivity contribution in [1.29, 1.82) is 0 Å². The van der Waals surface area contributed by atoms with E-state index in [0.717, 1.165) is 31.0 Å². The summed E-state index contributed by atoms with van der Waals surface area (Å²) in [5.41, 5.74) is 2.54. The van der Waals surface area contributed by atoms with Crippen LogP contribution in [0.1, 0.15) is 23.7 Å². The average molecular weight is 324 g/mol. The van der Waals surface area contributed by atoms with Gasteiger partial charge in [-0.15, -0.1) is 0 Å². The number of nitrogens with one attached hydrogen (secondary N) is 1. The molecule has 2 atom stereocenters. The molecule has 0 aromatic heterocycles. The van der Waals surface area contributed by atoms with Gasteiger partial charge in [0, 0.05) is 42.6 Å². The predicted octanol–water partition coefficient (Wildman–Crippen LogP) is 3.80. The van der Waals surface area contributed by atoms with Gasteiger partial charge >= 0.3 is 0 Å². The Morgan fingerprint density at radius 2 is 2.00 bits per heavy atom. The van der Waals surface area contributed by atoms with E-state index in [4.69, 9.17) is 4.74 Å². The van der Waals surface area contributed by atoms with Gasteiger partial charge in [0.15, 0.2) is 0 Å². The Hall–Kier alpha value is -2.33. The Labute approximate surface area is 143 Å². The molecule has 0 aliphatic carbocycles. The van der Waals surface area contributed by atoms with E-state index in [9.17, 15) is 4.79 Å². The maximum absolute atomic E-state index is 12.7. The predicted molar refractivity (Wildman–Crippen MR) is 97.6 cm³/mol. The van der Waals surface area contributed by atoms with E-state index in [1.54, 1.807) is 11.9 Å². The summed E-state index contributed by atoms with van der Waals surface area (Å²) in [6.45, 7) is 3.82. The normalized spacial score (nSPS) is 18.2. The molecule has 0 saturated carbocycles. The number of carbonyl (C=O) groups excluding carboxylic acids is 1. The number of hydrogen-bond acceptors (Lipinski definition) is 3. The molecule has 1 heterocycles. The molecule has 1 aliphatic heterocycles. The summed E-state index contributed by atoms with van der Waals surface area (Å²) in [6.07, 6.45) is 1.09. The van der Waals surface area contributed by atoms with Gasteiger partial charge in [-0.2, -0.15) is 0 Å². The summed E-state index contributed by atoms with van der Waals surface area (Å²) < 4.78 is 5.46. The molecule has 3 rings (SSSR count). The van der Waals surface area contributed by atoms with E-state index < -0.39 is 0 Å². The molecule has 24 heavy (non-hydrogen) atoms. The molecule has 0 radical (unpaired) electrons. The standard InChI is InChI=1S/C20H24N2O2/c1-15(17-11-12-24-14-17)21-18-8-6-7-16(13-18)20(23)22(2)19-9-4-3-5-10-19/h3-10,13,15,17,21H,11-12,14H2,1-2H3/t15-,17-/m1/s1. The van der Waals surface area contributed by atoms with Gasteiger partial charge in [-0.25, -0.2) is 0 Å². The monoisotopic (exact) mass is 324 g/mol. The molecule has 0 spiro atoms. The molecule has 2 aromatic carbocycles. The van der Waals surface area contributed by atoms with Crippen LogP contribution in [-0.2, 0) is 4.74 Å². The molecule has 2 aromatic rings. The smallest absolute Gasteiger partial charge is 0.258 e. The fourth-order valence-electron chi connectivity index (χ4n) is 3.03. The van der Waals surface area contributed by atoms with Crippen LogP contribution in [0.3, 0.4) is 0 Å². The minimum absolute atomic E-state index is 0.0123. The van der Waals surface area contributed by atoms with Gasteiger partial charge in [-0.3, -0.25) is 4.79 Å². The number of ether oxygens (including phenoxy) is 1. The van der Waals surface area contributed by atoms with Crippen molar-refractivity contribution in [2.45, 2.75) is 19.4 Å². The largest absolute Gasteiger partial charge is 0.382 e. The number of amides is 1. The zero-order valence-electron chi connectivity index (χ0n) is 14.2. The summed E-state index contributed by atoms with van der Waals surface area (Å²) in [6, 6.07) is 17.7. The molecule has 1 saturated heterocycles. The highest BCUT2D eigenvalue weighted by Gasteiger charge is 2.22. The zero-order chi connectivity index (χ0) is 16.9. The van der Waals surface area contributed by atoms with Crippen molar-refractivity contribution in [2.24, 2.45) is 5.92 Å². The first kappa shape index (κ1) is 16.5. The Kier molecular flexibility index (Phi) is 5.16. The van der Waals surface area contributed by atoms with Gasteiger partial charge in [0.05, 0.1) is 6.61 Å². The fraction of sp³-hybridized carbons (Fsp3) is 0.350. The summed E-state index contributed by atoms with van der Waals surface area (Å²) in [5, 5.41) is 3.51. The third-order valence-corrected chi connectivity index (χ3v) is 4.62. The van der Waals surface area contributed by atoms with Gasteiger partial charge in [0.1, 0.15) is 0 Å². The Bertz CT molecular complexity index is 681. The molecular weight excluding hydrogens is 300 g/mol. The molecule has 1 aliphatic rings. The van der Waals surface area contributed by atoms with E-state index in [2.05, 4.69) is 12.2 Å². The summed E-state index contributed by atoms with van der Waals surface area (Å²) in [7, 11) is 1.80. The van der Waals surface area contributed by atoms with E-state index in [0.29, 0.717) is 17.5 Å². The Morgan fingerprint density at radius 1 is 1.21 bits per heavy atom. The molecular formula is C20H24N2O2. The molecule has 0 bridgehead atoms. The van der Waals surface area contributed by atoms with Gasteiger partial charge in [-0.05, 0) is 43.7 Å². The van der Waals surface area contributed by atoms with Gasteiger partial charge in [-0.1, -0.05) is 24.3 Å². The third-order valence-electron chi connectivity index (χ3n) is 4.62. The van der Waals surface area contributed by atoms with Crippen LogP contribution < -0.4 is 10.2 Å². The van der Waals surface area contributed by atoms with Crippen LogP contribution in [0, 0.1) is 5.92 Å². The second kappa shape index (κ2) is 7.49. The summed E-state index contributed by atoms with van der Waals surface area (Å²) in [5.74, 6) is 0.512. The third kappa shape index (κ3) is 3.77. The molecule has 4 heteroatoms. The van der Waals surface area contributed by atoms with Crippen LogP contribution in [-0.4, -0.2) is 32.2 Å². The molecule has 1 fully saturated rings. The highest BCUT2D eigenvalue weighted by atomic mass is 16.5. The van der Waals surface area contributed by atoms with E-state index >= 15 is 0 Å². The van der Waals surface area contributed by atoms with Crippen molar-refractivity contribution < 1.29 is 9.53 Å². The van der Waals surface area contributed by atoms with E-state index in [1.807, 2.05) is 54.6 Å². The molecule has 1 N–H and O–H groups in total. The quantitative estimate of drug-likeness (QED) is 0.909. The van der Waals surface area contributed by atoms with Crippen molar-refractivity contribution in [3.05, 3.63) is 60.2 Å². The number of carbonyl (C=O) groups is 1. The first-order valence-corrected chi connectivity index (χ1v) is 8.42. The van der Waals surface area contributed by atoms with E-state index in [1.165, 1.54) is 0 Å². The van der Waals surface area contributed by atoms with Gasteiger partial charge in [0.2, 0.25) is 0 Å². The minimum atomic E-state index is -0.0123. The van der Waals surface area contributed by atoms with Crippen LogP contribution in [0.5, 0.6) is 0 Å². The lowest BCUT2D eigenvalue weighted by Gasteiger charge is -2.21. The molecule has 1 amide bonds. The highest BCUT2D eigenvalue weighted by Crippen LogP contribution is 2.22. The van der Waals surface area contributed by atoms with Crippen molar-refractivity contribution in [1.82, 2.24) is 0 Å². The lowest BCUT2D eigenvalue weighted by molar-refractivity contribution is 0.0993. The second-order valence-electron chi connectivity index (χ2n) is 6.34. The topological polar surface area (TPSA) is 41.6 Å². The maximum atomic E-state index is 12.7. The van der Waals surface area contributed by atoms with E-state index in [-0.39, 0.29) is 5.91 Å². The van der Waals surface area contributed by atoms with Crippen molar-refractivity contribution in [2.75, 3.05) is 30.5 Å². The van der Waals surface area contributed by atoms with Crippen molar-refractivity contribution in [3.63, 3.8) is 0 Å². The number of hydrogen-bond donors (Lipinski definition) is 1. The minimum Gasteiger partial charge on any atom is -0.382 e. The first-order chi connectivity index (χ1) is 11.6. The zero-order valence-corrected chi connectivity index (χ0v) is 14.2. The number of benzene rings is 2. The lowest BCUT2D eigenvalue weighted by atomic mass is 10.0. The number of nitrogens with zero attached hydrogens (tertiary/aromatic N) is 1. The highest BCUT2D eigenvalue weighted by molar-refractivity contribution is 6.06. The second-order valence-corrected chi connectivity index (χ2v) is 6.34. The van der Waals surface area contributed by atoms with Crippen molar-refractivity contribution in [3.8, 4) is 0 Å². The number of para-hydroxylation sites is 1. The summed E-state index contributed by atoms with van der Waals surface area (Å²) >= 11 is 0. The van der Waals surface area contributed by atoms with Crippen molar-refractivity contribution >= 4 is 17.3 Å². The Balaban J connectivity index is 1.71. The first-order valence-electron chi connectivity index (χ1n) is 8.42. The lowest BCUT2D eigenvalue weighted by Crippen LogP contribution is -2.27. The molecule has 4 nitrogen and oxygen atoms in total. The average Bonchev–Trinajstić information content (AvgIpc) is 3.16. The van der Waals surface area contributed by atoms with Crippen LogP contribution in [0.4, 0.5) is 11.4 Å². The SMILES string of the molecule is C[C@@H](Nc1cccc(C(=O)N(C)c2ccccc2)c1)[C@@H]1CCOC1. The molecule has 126 valence electrons. The van der Waals surface area contributed by atoms with Crippen LogP contribution in [0.25, 0.3) is 0 Å². The number of rotatable bonds is 5. The van der Waals surface area contributed by atoms with Gasteiger partial charge < -0.3 is 15.0 Å². The van der Waals surface area contributed by atoms with Gasteiger partial charge in [0.25, 0.3) is 5.91 Å². The van der Waals surface area contributed by atoms with Crippen LogP contribution in [0.15, 0.2) is 54.6 Å². The fourth-order valence-corrected chi connectivity index (χ4v) is 3.03. The molecule has 0 unspecified atom stereocenters.